The van der Waals surface area contributed by atoms with Crippen molar-refractivity contribution < 1.29 is 9.18 Å². The summed E-state index contributed by atoms with van der Waals surface area (Å²) >= 11 is 5.66. The summed E-state index contributed by atoms with van der Waals surface area (Å²) in [4.78, 5) is 14.1. The summed E-state index contributed by atoms with van der Waals surface area (Å²) in [6.07, 6.45) is 0.498. The van der Waals surface area contributed by atoms with E-state index < -0.39 is 11.7 Å². The fraction of sp³-hybridized carbons (Fsp3) is 0.300. The number of hydrogen-bond donors (Lipinski definition) is 1. The third-order valence-electron chi connectivity index (χ3n) is 1.96. The normalized spacial score (nSPS) is 9.53. The molecule has 1 rings (SSSR count). The molecule has 0 aromatic heterocycles. The first-order chi connectivity index (χ1) is 8.15. The van der Waals surface area contributed by atoms with Gasteiger partial charge in [-0.05, 0) is 30.2 Å². The van der Waals surface area contributed by atoms with Crippen LogP contribution in [0.3, 0.4) is 0 Å². The summed E-state index contributed by atoms with van der Waals surface area (Å²) in [5, 5.41) is 6.11. The summed E-state index contributed by atoms with van der Waals surface area (Å²) in [7, 11) is 0. The lowest BCUT2D eigenvalue weighted by atomic mass is 10.2. The summed E-state index contributed by atoms with van der Waals surface area (Å²) in [6.45, 7) is 0.596. The van der Waals surface area contributed by atoms with E-state index >= 15 is 0 Å². The number of amides is 1. The molecule has 1 amide bonds. The molecule has 1 N–H and O–H groups in total. The first-order valence-electron chi connectivity index (χ1n) is 4.89. The number of nitrogens with zero attached hydrogens (tertiary/aromatic N) is 3. The van der Waals surface area contributed by atoms with Crippen LogP contribution in [0.4, 0.5) is 4.39 Å². The van der Waals surface area contributed by atoms with Crippen LogP contribution in [0.5, 0.6) is 0 Å². The summed E-state index contributed by atoms with van der Waals surface area (Å²) in [6, 6.07) is 3.77. The van der Waals surface area contributed by atoms with Crippen molar-refractivity contribution in [3.8, 4) is 0 Å². The molecular formula is C10H10ClFN4O. The van der Waals surface area contributed by atoms with Crippen molar-refractivity contribution in [2.45, 2.75) is 6.42 Å². The predicted octanol–water partition coefficient (Wildman–Crippen LogP) is 2.91. The second kappa shape index (κ2) is 6.73. The lowest BCUT2D eigenvalue weighted by molar-refractivity contribution is 0.0949. The van der Waals surface area contributed by atoms with E-state index in [2.05, 4.69) is 15.3 Å². The van der Waals surface area contributed by atoms with Crippen LogP contribution in [0.2, 0.25) is 5.02 Å². The highest BCUT2D eigenvalue weighted by Crippen LogP contribution is 2.14. The number of benzene rings is 1. The van der Waals surface area contributed by atoms with Gasteiger partial charge in [-0.3, -0.25) is 4.79 Å². The van der Waals surface area contributed by atoms with Crippen molar-refractivity contribution in [2.24, 2.45) is 5.11 Å². The van der Waals surface area contributed by atoms with Crippen molar-refractivity contribution in [3.63, 3.8) is 0 Å². The Bertz CT molecular complexity index is 460. The molecule has 1 aromatic rings. The summed E-state index contributed by atoms with van der Waals surface area (Å²) < 4.78 is 13.3. The molecule has 0 aliphatic rings. The largest absolute Gasteiger partial charge is 0.352 e. The van der Waals surface area contributed by atoms with Gasteiger partial charge in [0.25, 0.3) is 5.91 Å². The number of carbonyl (C=O) groups excluding carboxylic acids is 1. The van der Waals surface area contributed by atoms with Crippen molar-refractivity contribution >= 4 is 17.5 Å². The predicted molar refractivity (Wildman–Crippen MR) is 62.4 cm³/mol. The fourth-order valence-corrected chi connectivity index (χ4v) is 1.34. The minimum absolute atomic E-state index is 0.0960. The molecule has 0 saturated heterocycles. The van der Waals surface area contributed by atoms with Crippen molar-refractivity contribution in [1.29, 1.82) is 0 Å². The molecule has 0 heterocycles. The zero-order chi connectivity index (χ0) is 12.7. The molecular weight excluding hydrogens is 247 g/mol. The highest BCUT2D eigenvalue weighted by molar-refractivity contribution is 6.30. The van der Waals surface area contributed by atoms with E-state index in [1.807, 2.05) is 0 Å². The molecule has 0 aliphatic heterocycles. The Hall–Kier alpha value is -1.78. The van der Waals surface area contributed by atoms with Gasteiger partial charge in [-0.1, -0.05) is 16.7 Å². The molecule has 1 aromatic carbocycles. The number of azide groups is 1. The van der Waals surface area contributed by atoms with Crippen molar-refractivity contribution in [3.05, 3.63) is 45.0 Å². The maximum atomic E-state index is 13.3. The number of carbonyl (C=O) groups is 1. The molecule has 0 atom stereocenters. The van der Waals surface area contributed by atoms with E-state index in [0.29, 0.717) is 18.0 Å². The van der Waals surface area contributed by atoms with Crippen molar-refractivity contribution in [2.75, 3.05) is 13.1 Å². The van der Waals surface area contributed by atoms with Gasteiger partial charge in [0.15, 0.2) is 0 Å². The average Bonchev–Trinajstić information content (AvgIpc) is 2.32. The standard InChI is InChI=1S/C10H10ClFN4O/c11-7-2-3-9(12)8(6-7)10(17)14-4-1-5-15-16-13/h2-3,6H,1,4-5H2,(H,14,17). The van der Waals surface area contributed by atoms with Crippen LogP contribution < -0.4 is 5.32 Å². The molecule has 17 heavy (non-hydrogen) atoms. The van der Waals surface area contributed by atoms with Crippen LogP contribution in [0.25, 0.3) is 10.4 Å². The van der Waals surface area contributed by atoms with Crippen LogP contribution in [0, 0.1) is 5.82 Å². The molecule has 0 bridgehead atoms. The fourth-order valence-electron chi connectivity index (χ4n) is 1.16. The van der Waals surface area contributed by atoms with E-state index in [4.69, 9.17) is 17.1 Å². The molecule has 0 radical (unpaired) electrons. The maximum absolute atomic E-state index is 13.3. The molecule has 0 spiro atoms. The lowest BCUT2D eigenvalue weighted by Crippen LogP contribution is -2.25. The molecule has 0 fully saturated rings. The van der Waals surface area contributed by atoms with Gasteiger partial charge in [0.05, 0.1) is 5.56 Å². The second-order valence-corrected chi connectivity index (χ2v) is 3.62. The quantitative estimate of drug-likeness (QED) is 0.374. The lowest BCUT2D eigenvalue weighted by Gasteiger charge is -2.05. The Morgan fingerprint density at radius 3 is 3.06 bits per heavy atom. The third-order valence-corrected chi connectivity index (χ3v) is 2.19. The minimum atomic E-state index is -0.623. The van der Waals surface area contributed by atoms with Crippen LogP contribution in [0.15, 0.2) is 23.3 Å². The van der Waals surface area contributed by atoms with Crippen LogP contribution in [-0.2, 0) is 0 Å². The Kier molecular flexibility index (Phi) is 5.26. The minimum Gasteiger partial charge on any atom is -0.352 e. The zero-order valence-electron chi connectivity index (χ0n) is 8.86. The summed E-state index contributed by atoms with van der Waals surface area (Å²) in [5.41, 5.74) is 7.93. The third kappa shape index (κ3) is 4.30. The topological polar surface area (TPSA) is 77.9 Å². The summed E-state index contributed by atoms with van der Waals surface area (Å²) in [5.74, 6) is -1.16. The van der Waals surface area contributed by atoms with Crippen LogP contribution in [-0.4, -0.2) is 19.0 Å². The van der Waals surface area contributed by atoms with E-state index in [9.17, 15) is 9.18 Å². The van der Waals surface area contributed by atoms with Gasteiger partial charge in [0, 0.05) is 23.0 Å². The Labute approximate surface area is 102 Å². The molecule has 90 valence electrons. The monoisotopic (exact) mass is 256 g/mol. The van der Waals surface area contributed by atoms with Crippen LogP contribution >= 0.6 is 11.6 Å². The van der Waals surface area contributed by atoms with Gasteiger partial charge in [-0.25, -0.2) is 4.39 Å². The highest BCUT2D eigenvalue weighted by atomic mass is 35.5. The highest BCUT2D eigenvalue weighted by Gasteiger charge is 2.11. The van der Waals surface area contributed by atoms with Gasteiger partial charge >= 0.3 is 0 Å². The maximum Gasteiger partial charge on any atom is 0.254 e. The Balaban J connectivity index is 2.52. The first-order valence-corrected chi connectivity index (χ1v) is 5.27. The Morgan fingerprint density at radius 1 is 1.59 bits per heavy atom. The van der Waals surface area contributed by atoms with Crippen LogP contribution in [0.1, 0.15) is 16.8 Å². The number of rotatable bonds is 5. The van der Waals surface area contributed by atoms with Crippen molar-refractivity contribution in [1.82, 2.24) is 5.32 Å². The van der Waals surface area contributed by atoms with Gasteiger partial charge < -0.3 is 5.32 Å². The van der Waals surface area contributed by atoms with E-state index in [1.165, 1.54) is 12.1 Å². The molecule has 0 unspecified atom stereocenters. The molecule has 0 saturated carbocycles. The van der Waals surface area contributed by atoms with Gasteiger partial charge in [-0.2, -0.15) is 0 Å². The smallest absolute Gasteiger partial charge is 0.254 e. The van der Waals surface area contributed by atoms with E-state index in [-0.39, 0.29) is 12.1 Å². The second-order valence-electron chi connectivity index (χ2n) is 3.19. The average molecular weight is 257 g/mol. The SMILES string of the molecule is [N-]=[N+]=NCCCNC(=O)c1cc(Cl)ccc1F. The van der Waals surface area contributed by atoms with E-state index in [1.54, 1.807) is 0 Å². The molecule has 7 heteroatoms. The van der Waals surface area contributed by atoms with E-state index in [0.717, 1.165) is 6.07 Å². The number of halogens is 2. The van der Waals surface area contributed by atoms with Gasteiger partial charge in [-0.15, -0.1) is 0 Å². The van der Waals surface area contributed by atoms with Gasteiger partial charge in [0.1, 0.15) is 5.82 Å². The number of hydrogen-bond acceptors (Lipinski definition) is 2. The molecule has 0 aliphatic carbocycles. The molecule has 5 nitrogen and oxygen atoms in total. The zero-order valence-corrected chi connectivity index (χ0v) is 9.62. The Morgan fingerprint density at radius 2 is 2.35 bits per heavy atom. The first kappa shape index (κ1) is 13.3. The number of nitrogens with one attached hydrogen (secondary N) is 1. The van der Waals surface area contributed by atoms with Gasteiger partial charge in [0.2, 0.25) is 0 Å².